The summed E-state index contributed by atoms with van der Waals surface area (Å²) in [6, 6.07) is 3.84. The van der Waals surface area contributed by atoms with Crippen molar-refractivity contribution < 1.29 is 0 Å². The Hall–Kier alpha value is -1.14. The van der Waals surface area contributed by atoms with Crippen LogP contribution in [0.3, 0.4) is 0 Å². The first-order chi connectivity index (χ1) is 6.66. The van der Waals surface area contributed by atoms with E-state index in [2.05, 4.69) is 31.4 Å². The zero-order valence-corrected chi connectivity index (χ0v) is 9.45. The highest BCUT2D eigenvalue weighted by atomic mass is 79.9. The molecule has 0 radical (unpaired) electrons. The maximum Gasteiger partial charge on any atom is 0.168 e. The van der Waals surface area contributed by atoms with Crippen LogP contribution in [0.5, 0.6) is 0 Å². The minimum Gasteiger partial charge on any atom is -0.376 e. The van der Waals surface area contributed by atoms with E-state index < -0.39 is 0 Å². The lowest BCUT2D eigenvalue weighted by molar-refractivity contribution is 1.12. The molecule has 1 aromatic heterocycles. The quantitative estimate of drug-likeness (QED) is 0.694. The molecule has 0 atom stereocenters. The highest BCUT2D eigenvalue weighted by molar-refractivity contribution is 9.10. The largest absolute Gasteiger partial charge is 0.376 e. The van der Waals surface area contributed by atoms with Gasteiger partial charge in [-0.3, -0.25) is 5.10 Å². The summed E-state index contributed by atoms with van der Waals surface area (Å²) in [5, 5.41) is 10.9. The third kappa shape index (κ3) is 1.71. The Labute approximate surface area is 94.0 Å². The normalized spacial score (nSPS) is 10.4. The van der Waals surface area contributed by atoms with Crippen molar-refractivity contribution in [3.05, 3.63) is 22.8 Å². The van der Waals surface area contributed by atoms with Crippen LogP contribution in [0, 0.1) is 0 Å². The first kappa shape index (κ1) is 9.42. The van der Waals surface area contributed by atoms with E-state index in [4.69, 9.17) is 18.0 Å². The van der Waals surface area contributed by atoms with Gasteiger partial charge in [0.1, 0.15) is 0 Å². The van der Waals surface area contributed by atoms with E-state index >= 15 is 0 Å². The Bertz CT molecular complexity index is 493. The molecule has 0 aliphatic carbocycles. The number of rotatable bonds is 1. The third-order valence-corrected chi connectivity index (χ3v) is 2.54. The van der Waals surface area contributed by atoms with Crippen molar-refractivity contribution in [1.29, 1.82) is 0 Å². The standard InChI is InChI=1S/C8H7BrN4S/c9-5-1-4-3-11-13-6(4)2-7(5)12-8(10)14/h1-3H,(H,11,13)(H3,10,12,14). The Morgan fingerprint density at radius 3 is 3.07 bits per heavy atom. The van der Waals surface area contributed by atoms with Crippen molar-refractivity contribution in [2.24, 2.45) is 5.73 Å². The molecule has 0 fully saturated rings. The van der Waals surface area contributed by atoms with Gasteiger partial charge in [-0.05, 0) is 40.3 Å². The zero-order valence-electron chi connectivity index (χ0n) is 7.04. The first-order valence-corrected chi connectivity index (χ1v) is 5.06. The first-order valence-electron chi connectivity index (χ1n) is 3.86. The van der Waals surface area contributed by atoms with Crippen molar-refractivity contribution in [3.63, 3.8) is 0 Å². The lowest BCUT2D eigenvalue weighted by atomic mass is 10.2. The average molecular weight is 271 g/mol. The Balaban J connectivity index is 2.53. The van der Waals surface area contributed by atoms with Gasteiger partial charge >= 0.3 is 0 Å². The van der Waals surface area contributed by atoms with Gasteiger partial charge in [0.25, 0.3) is 0 Å². The minimum atomic E-state index is 0.240. The second kappa shape index (κ2) is 3.55. The predicted octanol–water partition coefficient (Wildman–Crippen LogP) is 1.98. The SMILES string of the molecule is NC(=S)Nc1cc2[nH]ncc2cc1Br. The second-order valence-electron chi connectivity index (χ2n) is 2.78. The van der Waals surface area contributed by atoms with Crippen molar-refractivity contribution >= 4 is 49.9 Å². The molecule has 0 aliphatic heterocycles. The van der Waals surface area contributed by atoms with Crippen LogP contribution in [0.1, 0.15) is 0 Å². The Morgan fingerprint density at radius 1 is 1.57 bits per heavy atom. The van der Waals surface area contributed by atoms with Gasteiger partial charge in [0.15, 0.2) is 5.11 Å². The van der Waals surface area contributed by atoms with Gasteiger partial charge in [-0.1, -0.05) is 0 Å². The lowest BCUT2D eigenvalue weighted by Crippen LogP contribution is -2.19. The maximum atomic E-state index is 5.39. The molecular weight excluding hydrogens is 264 g/mol. The monoisotopic (exact) mass is 270 g/mol. The summed E-state index contributed by atoms with van der Waals surface area (Å²) in [7, 11) is 0. The molecule has 2 aromatic rings. The summed E-state index contributed by atoms with van der Waals surface area (Å²) >= 11 is 8.17. The number of hydrogen-bond acceptors (Lipinski definition) is 2. The molecule has 0 saturated heterocycles. The number of aromatic amines is 1. The average Bonchev–Trinajstić information content (AvgIpc) is 2.51. The van der Waals surface area contributed by atoms with Crippen LogP contribution in [0.15, 0.2) is 22.8 Å². The topological polar surface area (TPSA) is 66.7 Å². The molecule has 72 valence electrons. The molecule has 0 spiro atoms. The molecule has 4 nitrogen and oxygen atoms in total. The predicted molar refractivity (Wildman–Crippen MR) is 64.2 cm³/mol. The van der Waals surface area contributed by atoms with Gasteiger partial charge in [0.2, 0.25) is 0 Å². The second-order valence-corrected chi connectivity index (χ2v) is 4.07. The molecule has 14 heavy (non-hydrogen) atoms. The summed E-state index contributed by atoms with van der Waals surface area (Å²) in [5.74, 6) is 0. The fraction of sp³-hybridized carbons (Fsp3) is 0. The number of thiocarbonyl (C=S) groups is 1. The summed E-state index contributed by atoms with van der Waals surface area (Å²) < 4.78 is 0.902. The van der Waals surface area contributed by atoms with Crippen LogP contribution >= 0.6 is 28.1 Å². The third-order valence-electron chi connectivity index (χ3n) is 1.79. The number of nitrogens with zero attached hydrogens (tertiary/aromatic N) is 1. The fourth-order valence-corrected chi connectivity index (χ4v) is 1.76. The molecule has 1 aromatic carbocycles. The molecule has 1 heterocycles. The molecule has 4 N–H and O–H groups in total. The van der Waals surface area contributed by atoms with Crippen molar-refractivity contribution in [2.45, 2.75) is 0 Å². The van der Waals surface area contributed by atoms with Crippen LogP contribution in [-0.2, 0) is 0 Å². The summed E-state index contributed by atoms with van der Waals surface area (Å²) in [6.45, 7) is 0. The smallest absolute Gasteiger partial charge is 0.168 e. The number of hydrogen-bond donors (Lipinski definition) is 3. The van der Waals surface area contributed by atoms with Crippen LogP contribution < -0.4 is 11.1 Å². The Morgan fingerprint density at radius 2 is 2.36 bits per heavy atom. The van der Waals surface area contributed by atoms with E-state index in [1.54, 1.807) is 6.20 Å². The molecule has 0 bridgehead atoms. The van der Waals surface area contributed by atoms with E-state index in [9.17, 15) is 0 Å². The number of benzene rings is 1. The van der Waals surface area contributed by atoms with Gasteiger partial charge in [0.05, 0.1) is 17.4 Å². The summed E-state index contributed by atoms with van der Waals surface area (Å²) in [5.41, 5.74) is 7.15. The molecule has 0 unspecified atom stereocenters. The summed E-state index contributed by atoms with van der Waals surface area (Å²) in [4.78, 5) is 0. The molecule has 0 amide bonds. The molecular formula is C8H7BrN4S. The van der Waals surface area contributed by atoms with Crippen molar-refractivity contribution in [1.82, 2.24) is 10.2 Å². The number of H-pyrrole nitrogens is 1. The fourth-order valence-electron chi connectivity index (χ4n) is 1.19. The van der Waals surface area contributed by atoms with E-state index in [1.165, 1.54) is 0 Å². The van der Waals surface area contributed by atoms with Gasteiger partial charge in [0, 0.05) is 9.86 Å². The number of nitrogens with two attached hydrogens (primary N) is 1. The van der Waals surface area contributed by atoms with E-state index in [1.807, 2.05) is 12.1 Å². The van der Waals surface area contributed by atoms with E-state index in [0.717, 1.165) is 21.1 Å². The molecule has 0 aliphatic rings. The van der Waals surface area contributed by atoms with Crippen LogP contribution in [0.2, 0.25) is 0 Å². The Kier molecular flexibility index (Phi) is 2.39. The van der Waals surface area contributed by atoms with Gasteiger partial charge < -0.3 is 11.1 Å². The van der Waals surface area contributed by atoms with Gasteiger partial charge in [-0.25, -0.2) is 0 Å². The van der Waals surface area contributed by atoms with Crippen LogP contribution in [0.25, 0.3) is 10.9 Å². The van der Waals surface area contributed by atoms with Crippen molar-refractivity contribution in [2.75, 3.05) is 5.32 Å². The van der Waals surface area contributed by atoms with Crippen LogP contribution in [-0.4, -0.2) is 15.3 Å². The van der Waals surface area contributed by atoms with E-state index in [0.29, 0.717) is 0 Å². The van der Waals surface area contributed by atoms with Gasteiger partial charge in [-0.2, -0.15) is 5.10 Å². The minimum absolute atomic E-state index is 0.240. The molecule has 0 saturated carbocycles. The number of halogens is 1. The van der Waals surface area contributed by atoms with Crippen LogP contribution in [0.4, 0.5) is 5.69 Å². The molecule has 2 rings (SSSR count). The number of anilines is 1. The number of nitrogens with one attached hydrogen (secondary N) is 2. The lowest BCUT2D eigenvalue weighted by Gasteiger charge is -2.05. The van der Waals surface area contributed by atoms with Crippen molar-refractivity contribution in [3.8, 4) is 0 Å². The molecule has 6 heteroatoms. The number of fused-ring (bicyclic) bond motifs is 1. The van der Waals surface area contributed by atoms with E-state index in [-0.39, 0.29) is 5.11 Å². The van der Waals surface area contributed by atoms with Gasteiger partial charge in [-0.15, -0.1) is 0 Å². The number of aromatic nitrogens is 2. The summed E-state index contributed by atoms with van der Waals surface area (Å²) in [6.07, 6.45) is 1.75. The zero-order chi connectivity index (χ0) is 10.1. The highest BCUT2D eigenvalue weighted by Gasteiger charge is 2.04. The highest BCUT2D eigenvalue weighted by Crippen LogP contribution is 2.27. The maximum absolute atomic E-state index is 5.39.